The lowest BCUT2D eigenvalue weighted by Gasteiger charge is -2.36. The summed E-state index contributed by atoms with van der Waals surface area (Å²) < 4.78 is 0.967. The van der Waals surface area contributed by atoms with E-state index in [0.29, 0.717) is 12.0 Å². The summed E-state index contributed by atoms with van der Waals surface area (Å²) >= 11 is 9.72. The molecule has 20 heavy (non-hydrogen) atoms. The molecule has 2 unspecified atom stereocenters. The zero-order chi connectivity index (χ0) is 14.5. The molecular weight excluding hydrogens is 336 g/mol. The van der Waals surface area contributed by atoms with Crippen LogP contribution in [-0.4, -0.2) is 30.6 Å². The first-order chi connectivity index (χ1) is 9.61. The van der Waals surface area contributed by atoms with Crippen molar-refractivity contribution in [1.82, 2.24) is 4.90 Å². The summed E-state index contributed by atoms with van der Waals surface area (Å²) in [6.07, 6.45) is 3.87. The average molecular weight is 360 g/mol. The van der Waals surface area contributed by atoms with E-state index in [-0.39, 0.29) is 0 Å². The zero-order valence-electron chi connectivity index (χ0n) is 12.3. The van der Waals surface area contributed by atoms with Crippen molar-refractivity contribution in [3.63, 3.8) is 0 Å². The molecule has 0 aliphatic carbocycles. The summed E-state index contributed by atoms with van der Waals surface area (Å²) in [7, 11) is 0. The Morgan fingerprint density at radius 3 is 3.05 bits per heavy atom. The van der Waals surface area contributed by atoms with Gasteiger partial charge in [-0.15, -0.1) is 0 Å². The third kappa shape index (κ3) is 4.12. The van der Waals surface area contributed by atoms with Gasteiger partial charge in [0, 0.05) is 12.6 Å². The third-order valence-electron chi connectivity index (χ3n) is 4.12. The van der Waals surface area contributed by atoms with Gasteiger partial charge in [-0.25, -0.2) is 0 Å². The van der Waals surface area contributed by atoms with E-state index in [1.165, 1.54) is 38.9 Å². The molecule has 2 atom stereocenters. The molecule has 1 aromatic rings. The van der Waals surface area contributed by atoms with Gasteiger partial charge in [0.1, 0.15) is 0 Å². The van der Waals surface area contributed by atoms with Crippen molar-refractivity contribution >= 4 is 33.2 Å². The van der Waals surface area contributed by atoms with Crippen LogP contribution >= 0.6 is 27.5 Å². The fraction of sp³-hybridized carbons (Fsp3) is 0.625. The summed E-state index contributed by atoms with van der Waals surface area (Å²) in [5.74, 6) is 0.709. The molecule has 0 amide bonds. The summed E-state index contributed by atoms with van der Waals surface area (Å²) in [5, 5.41) is 4.39. The topological polar surface area (TPSA) is 15.3 Å². The van der Waals surface area contributed by atoms with Crippen molar-refractivity contribution in [2.45, 2.75) is 39.2 Å². The van der Waals surface area contributed by atoms with E-state index in [9.17, 15) is 0 Å². The quantitative estimate of drug-likeness (QED) is 0.793. The highest BCUT2D eigenvalue weighted by molar-refractivity contribution is 9.10. The Balaban J connectivity index is 1.97. The molecule has 0 bridgehead atoms. The van der Waals surface area contributed by atoms with Gasteiger partial charge in [-0.2, -0.15) is 0 Å². The predicted octanol–water partition coefficient (Wildman–Crippen LogP) is 5.02. The summed E-state index contributed by atoms with van der Waals surface area (Å²) in [5.41, 5.74) is 1.10. The Kier molecular flexibility index (Phi) is 6.19. The highest BCUT2D eigenvalue weighted by Gasteiger charge is 2.24. The predicted molar refractivity (Wildman–Crippen MR) is 91.7 cm³/mol. The van der Waals surface area contributed by atoms with Crippen molar-refractivity contribution in [3.05, 3.63) is 27.7 Å². The number of anilines is 1. The van der Waals surface area contributed by atoms with Crippen molar-refractivity contribution in [2.75, 3.05) is 25.0 Å². The van der Waals surface area contributed by atoms with Crippen LogP contribution in [0.3, 0.4) is 0 Å². The highest BCUT2D eigenvalue weighted by atomic mass is 79.9. The molecule has 112 valence electrons. The molecule has 1 heterocycles. The number of benzene rings is 1. The largest absolute Gasteiger partial charge is 0.381 e. The molecule has 0 saturated carbocycles. The van der Waals surface area contributed by atoms with Crippen LogP contribution in [0.25, 0.3) is 0 Å². The molecule has 1 aliphatic rings. The van der Waals surface area contributed by atoms with E-state index < -0.39 is 0 Å². The van der Waals surface area contributed by atoms with Gasteiger partial charge in [0.05, 0.1) is 15.2 Å². The maximum absolute atomic E-state index is 6.15. The number of nitrogens with zero attached hydrogens (tertiary/aromatic N) is 1. The van der Waals surface area contributed by atoms with E-state index >= 15 is 0 Å². The van der Waals surface area contributed by atoms with Crippen LogP contribution in [0.5, 0.6) is 0 Å². The lowest BCUT2D eigenvalue weighted by atomic mass is 9.91. The van der Waals surface area contributed by atoms with Crippen LogP contribution in [0, 0.1) is 5.92 Å². The molecule has 0 aromatic heterocycles. The molecule has 1 aliphatic heterocycles. The van der Waals surface area contributed by atoms with E-state index in [4.69, 9.17) is 11.6 Å². The van der Waals surface area contributed by atoms with E-state index in [2.05, 4.69) is 46.1 Å². The maximum atomic E-state index is 6.15. The van der Waals surface area contributed by atoms with Gasteiger partial charge in [0.2, 0.25) is 0 Å². The van der Waals surface area contributed by atoms with E-state index in [0.717, 1.165) is 15.2 Å². The average Bonchev–Trinajstić information content (AvgIpc) is 2.44. The van der Waals surface area contributed by atoms with E-state index in [1.807, 2.05) is 12.1 Å². The number of piperidine rings is 1. The number of rotatable bonds is 5. The van der Waals surface area contributed by atoms with Gasteiger partial charge >= 0.3 is 0 Å². The van der Waals surface area contributed by atoms with Gasteiger partial charge in [-0.05, 0) is 73.3 Å². The minimum atomic E-state index is 0.462. The lowest BCUT2D eigenvalue weighted by molar-refractivity contribution is 0.165. The zero-order valence-corrected chi connectivity index (χ0v) is 14.7. The number of hydrogen-bond acceptors (Lipinski definition) is 2. The second-order valence-corrected chi connectivity index (χ2v) is 6.94. The molecule has 2 rings (SSSR count). The Hall–Kier alpha value is -0.250. The molecule has 4 heteroatoms. The Morgan fingerprint density at radius 2 is 2.30 bits per heavy atom. The highest BCUT2D eigenvalue weighted by Crippen LogP contribution is 2.32. The fourth-order valence-corrected chi connectivity index (χ4v) is 3.55. The van der Waals surface area contributed by atoms with Gasteiger partial charge < -0.3 is 10.2 Å². The normalized spacial score (nSPS) is 21.7. The number of halogens is 2. The lowest BCUT2D eigenvalue weighted by Crippen LogP contribution is -2.42. The van der Waals surface area contributed by atoms with E-state index in [1.54, 1.807) is 0 Å². The van der Waals surface area contributed by atoms with Gasteiger partial charge in [-0.3, -0.25) is 0 Å². The van der Waals surface area contributed by atoms with Crippen molar-refractivity contribution in [1.29, 1.82) is 0 Å². The second kappa shape index (κ2) is 7.67. The standard InChI is InChI=1S/C16H24BrClN2/c1-3-9-20-10-5-6-13(11-20)12(2)19-15-8-4-7-14(18)16(15)17/h4,7-8,12-13,19H,3,5-6,9-11H2,1-2H3. The van der Waals surface area contributed by atoms with Crippen molar-refractivity contribution in [2.24, 2.45) is 5.92 Å². The molecule has 1 fully saturated rings. The monoisotopic (exact) mass is 358 g/mol. The Labute approximate surface area is 136 Å². The first-order valence-electron chi connectivity index (χ1n) is 7.54. The fourth-order valence-electron chi connectivity index (χ4n) is 3.00. The van der Waals surface area contributed by atoms with Crippen LogP contribution in [0.1, 0.15) is 33.1 Å². The minimum Gasteiger partial charge on any atom is -0.381 e. The number of hydrogen-bond donors (Lipinski definition) is 1. The second-order valence-electron chi connectivity index (χ2n) is 5.74. The summed E-state index contributed by atoms with van der Waals surface area (Å²) in [4.78, 5) is 2.60. The van der Waals surface area contributed by atoms with Crippen LogP contribution in [0.15, 0.2) is 22.7 Å². The number of likely N-dealkylation sites (tertiary alicyclic amines) is 1. The van der Waals surface area contributed by atoms with Crippen LogP contribution in [0.2, 0.25) is 5.02 Å². The molecule has 1 aromatic carbocycles. The maximum Gasteiger partial charge on any atom is 0.0593 e. The summed E-state index contributed by atoms with van der Waals surface area (Å²) in [6.45, 7) is 8.24. The van der Waals surface area contributed by atoms with Gasteiger partial charge in [-0.1, -0.05) is 24.6 Å². The van der Waals surface area contributed by atoms with Crippen LogP contribution < -0.4 is 5.32 Å². The first kappa shape index (κ1) is 16.1. The molecule has 1 N–H and O–H groups in total. The molecule has 0 spiro atoms. The smallest absolute Gasteiger partial charge is 0.0593 e. The minimum absolute atomic E-state index is 0.462. The van der Waals surface area contributed by atoms with Crippen LogP contribution in [-0.2, 0) is 0 Å². The first-order valence-corrected chi connectivity index (χ1v) is 8.71. The van der Waals surface area contributed by atoms with Gasteiger partial charge in [0.15, 0.2) is 0 Å². The van der Waals surface area contributed by atoms with Crippen molar-refractivity contribution in [3.8, 4) is 0 Å². The Bertz CT molecular complexity index is 436. The Morgan fingerprint density at radius 1 is 1.50 bits per heavy atom. The molecule has 0 radical (unpaired) electrons. The molecule has 1 saturated heterocycles. The molecular formula is C16H24BrClN2. The summed E-state index contributed by atoms with van der Waals surface area (Å²) in [6, 6.07) is 6.45. The van der Waals surface area contributed by atoms with Crippen molar-refractivity contribution < 1.29 is 0 Å². The molecule has 2 nitrogen and oxygen atoms in total. The number of nitrogens with one attached hydrogen (secondary N) is 1. The van der Waals surface area contributed by atoms with Gasteiger partial charge in [0.25, 0.3) is 0 Å². The van der Waals surface area contributed by atoms with Crippen LogP contribution in [0.4, 0.5) is 5.69 Å². The third-order valence-corrected chi connectivity index (χ3v) is 5.52. The SMILES string of the molecule is CCCN1CCCC(C(C)Nc2cccc(Cl)c2Br)C1.